The number of hydrogen-bond acceptors (Lipinski definition) is 3. The van der Waals surface area contributed by atoms with E-state index in [0.717, 1.165) is 11.3 Å². The van der Waals surface area contributed by atoms with Crippen molar-refractivity contribution in [1.29, 1.82) is 0 Å². The van der Waals surface area contributed by atoms with Crippen molar-refractivity contribution in [3.8, 4) is 0 Å². The van der Waals surface area contributed by atoms with Crippen LogP contribution in [0.3, 0.4) is 0 Å². The van der Waals surface area contributed by atoms with E-state index in [4.69, 9.17) is 0 Å². The molecule has 1 aliphatic rings. The van der Waals surface area contributed by atoms with Crippen LogP contribution in [-0.4, -0.2) is 21.6 Å². The third-order valence-electron chi connectivity index (χ3n) is 3.25. The molecule has 2 heterocycles. The maximum atomic E-state index is 4.68. The van der Waals surface area contributed by atoms with E-state index in [2.05, 4.69) is 32.8 Å². The van der Waals surface area contributed by atoms with Crippen molar-refractivity contribution < 1.29 is 0 Å². The number of pyridine rings is 1. The molecule has 0 bridgehead atoms. The van der Waals surface area contributed by atoms with Gasteiger partial charge < -0.3 is 9.88 Å². The molecule has 1 N–H and O–H groups in total. The Bertz CT molecular complexity index is 513. The Morgan fingerprint density at radius 2 is 2.31 bits per heavy atom. The van der Waals surface area contributed by atoms with Crippen LogP contribution < -0.4 is 5.32 Å². The van der Waals surface area contributed by atoms with Crippen LogP contribution in [0.5, 0.6) is 0 Å². The molecule has 0 radical (unpaired) electrons. The van der Waals surface area contributed by atoms with Gasteiger partial charge >= 0.3 is 0 Å². The fourth-order valence-electron chi connectivity index (χ4n) is 2.12. The molecule has 2 aromatic rings. The fraction of sp³-hybridized carbons (Fsp3) is 0.500. The van der Waals surface area contributed by atoms with Crippen molar-refractivity contribution >= 4 is 11.0 Å². The molecule has 84 valence electrons. The van der Waals surface area contributed by atoms with E-state index in [-0.39, 0.29) is 6.04 Å². The molecule has 0 spiro atoms. The highest BCUT2D eigenvalue weighted by molar-refractivity contribution is 5.75. The van der Waals surface area contributed by atoms with E-state index >= 15 is 0 Å². The summed E-state index contributed by atoms with van der Waals surface area (Å²) in [4.78, 5) is 8.82. The molecule has 4 nitrogen and oxygen atoms in total. The van der Waals surface area contributed by atoms with Crippen LogP contribution >= 0.6 is 0 Å². The van der Waals surface area contributed by atoms with Gasteiger partial charge in [-0.2, -0.15) is 0 Å². The van der Waals surface area contributed by atoms with Gasteiger partial charge in [0.1, 0.15) is 11.3 Å². The van der Waals surface area contributed by atoms with Gasteiger partial charge in [-0.05, 0) is 32.9 Å². The van der Waals surface area contributed by atoms with E-state index in [1.54, 1.807) is 0 Å². The van der Waals surface area contributed by atoms with Gasteiger partial charge in [0.05, 0.1) is 17.8 Å². The normalized spacial score (nSPS) is 17.9. The summed E-state index contributed by atoms with van der Waals surface area (Å²) < 4.78 is 2.37. The smallest absolute Gasteiger partial charge is 0.127 e. The summed E-state index contributed by atoms with van der Waals surface area (Å²) in [6.07, 6.45) is 6.24. The Morgan fingerprint density at radius 3 is 3.00 bits per heavy atom. The van der Waals surface area contributed by atoms with E-state index in [9.17, 15) is 0 Å². The minimum atomic E-state index is 0.285. The zero-order chi connectivity index (χ0) is 11.1. The van der Waals surface area contributed by atoms with Crippen LogP contribution in [0.1, 0.15) is 37.7 Å². The van der Waals surface area contributed by atoms with Gasteiger partial charge in [0.15, 0.2) is 0 Å². The quantitative estimate of drug-likeness (QED) is 0.853. The Morgan fingerprint density at radius 1 is 1.50 bits per heavy atom. The lowest BCUT2D eigenvalue weighted by Gasteiger charge is -2.13. The topological polar surface area (TPSA) is 42.7 Å². The van der Waals surface area contributed by atoms with Crippen LogP contribution in [0.15, 0.2) is 18.5 Å². The first-order valence-electron chi connectivity index (χ1n) is 5.80. The molecule has 0 saturated heterocycles. The second-order valence-electron chi connectivity index (χ2n) is 4.45. The largest absolute Gasteiger partial charge is 0.323 e. The van der Waals surface area contributed by atoms with Crippen LogP contribution in [0.25, 0.3) is 11.0 Å². The van der Waals surface area contributed by atoms with Gasteiger partial charge in [0.25, 0.3) is 0 Å². The van der Waals surface area contributed by atoms with Crippen molar-refractivity contribution in [3.05, 3.63) is 24.3 Å². The second-order valence-corrected chi connectivity index (χ2v) is 4.45. The molecule has 1 atom stereocenters. The van der Waals surface area contributed by atoms with Gasteiger partial charge in [-0.1, -0.05) is 0 Å². The first kappa shape index (κ1) is 9.78. The first-order valence-corrected chi connectivity index (χ1v) is 5.80. The monoisotopic (exact) mass is 216 g/mol. The summed E-state index contributed by atoms with van der Waals surface area (Å²) in [5.74, 6) is 1.13. The number of fused-ring (bicyclic) bond motifs is 1. The summed E-state index contributed by atoms with van der Waals surface area (Å²) in [5, 5.41) is 3.26. The summed E-state index contributed by atoms with van der Waals surface area (Å²) >= 11 is 0. The van der Waals surface area contributed by atoms with Crippen LogP contribution in [0, 0.1) is 0 Å². The number of imidazole rings is 1. The van der Waals surface area contributed by atoms with Gasteiger partial charge in [-0.15, -0.1) is 0 Å². The van der Waals surface area contributed by atoms with Crippen LogP contribution in [0.2, 0.25) is 0 Å². The van der Waals surface area contributed by atoms with Gasteiger partial charge in [0, 0.05) is 12.2 Å². The Labute approximate surface area is 94.7 Å². The number of nitrogens with one attached hydrogen (secondary N) is 1. The van der Waals surface area contributed by atoms with Crippen LogP contribution in [-0.2, 0) is 0 Å². The maximum Gasteiger partial charge on any atom is 0.127 e. The predicted octanol–water partition coefficient (Wildman–Crippen LogP) is 2.05. The number of nitrogens with zero attached hydrogens (tertiary/aromatic N) is 3. The maximum absolute atomic E-state index is 4.68. The summed E-state index contributed by atoms with van der Waals surface area (Å²) in [7, 11) is 1.97. The molecule has 3 rings (SSSR count). The molecule has 1 aliphatic carbocycles. The summed E-state index contributed by atoms with van der Waals surface area (Å²) in [6, 6.07) is 3.00. The molecule has 4 heteroatoms. The number of aromatic nitrogens is 3. The van der Waals surface area contributed by atoms with E-state index < -0.39 is 0 Å². The molecule has 0 amide bonds. The zero-order valence-corrected chi connectivity index (χ0v) is 9.64. The van der Waals surface area contributed by atoms with E-state index in [0.29, 0.717) is 6.04 Å². The molecule has 0 aromatic carbocycles. The van der Waals surface area contributed by atoms with Crippen molar-refractivity contribution in [2.24, 2.45) is 0 Å². The van der Waals surface area contributed by atoms with E-state index in [1.807, 2.05) is 19.4 Å². The summed E-state index contributed by atoms with van der Waals surface area (Å²) in [5.41, 5.74) is 2.22. The highest BCUT2D eigenvalue weighted by Gasteiger charge is 2.29. The third-order valence-corrected chi connectivity index (χ3v) is 3.25. The number of rotatable bonds is 3. The van der Waals surface area contributed by atoms with Crippen molar-refractivity contribution in [3.63, 3.8) is 0 Å². The highest BCUT2D eigenvalue weighted by atomic mass is 15.2. The van der Waals surface area contributed by atoms with Gasteiger partial charge in [-0.25, -0.2) is 4.98 Å². The minimum absolute atomic E-state index is 0.285. The number of hydrogen-bond donors (Lipinski definition) is 1. The molecule has 16 heavy (non-hydrogen) atoms. The average Bonchev–Trinajstić information content (AvgIpc) is 3.08. The van der Waals surface area contributed by atoms with Crippen molar-refractivity contribution in [2.45, 2.75) is 31.8 Å². The molecular weight excluding hydrogens is 200 g/mol. The van der Waals surface area contributed by atoms with Crippen molar-refractivity contribution in [1.82, 2.24) is 19.9 Å². The lowest BCUT2D eigenvalue weighted by molar-refractivity contribution is 0.565. The third kappa shape index (κ3) is 1.41. The van der Waals surface area contributed by atoms with Crippen LogP contribution in [0.4, 0.5) is 0 Å². The first-order chi connectivity index (χ1) is 7.81. The molecule has 1 unspecified atom stereocenters. The Kier molecular flexibility index (Phi) is 2.17. The lowest BCUT2D eigenvalue weighted by atomic mass is 10.3. The molecule has 1 fully saturated rings. The van der Waals surface area contributed by atoms with E-state index in [1.165, 1.54) is 18.4 Å². The van der Waals surface area contributed by atoms with Gasteiger partial charge in [-0.3, -0.25) is 4.98 Å². The molecule has 2 aromatic heterocycles. The average molecular weight is 216 g/mol. The Hall–Kier alpha value is -1.42. The highest BCUT2D eigenvalue weighted by Crippen LogP contribution is 2.39. The lowest BCUT2D eigenvalue weighted by Crippen LogP contribution is -2.17. The van der Waals surface area contributed by atoms with Gasteiger partial charge in [0.2, 0.25) is 0 Å². The predicted molar refractivity (Wildman–Crippen MR) is 63.3 cm³/mol. The van der Waals surface area contributed by atoms with Crippen molar-refractivity contribution in [2.75, 3.05) is 7.05 Å². The summed E-state index contributed by atoms with van der Waals surface area (Å²) in [6.45, 7) is 2.15. The zero-order valence-electron chi connectivity index (χ0n) is 9.64. The minimum Gasteiger partial charge on any atom is -0.323 e. The molecule has 0 aliphatic heterocycles. The standard InChI is InChI=1S/C12H16N4/c1-8(13-2)12-15-10-7-14-6-5-11(10)16(12)9-3-4-9/h5-9,13H,3-4H2,1-2H3. The SMILES string of the molecule is CNC(C)c1nc2cnccc2n1C1CC1. The second kappa shape index (κ2) is 3.56. The Balaban J connectivity index is 2.22. The molecular formula is C12H16N4. The fourth-order valence-corrected chi connectivity index (χ4v) is 2.12. The molecule has 1 saturated carbocycles.